The van der Waals surface area contributed by atoms with Crippen molar-refractivity contribution in [1.29, 1.82) is 0 Å². The number of benzene rings is 1. The fourth-order valence-corrected chi connectivity index (χ4v) is 2.35. The van der Waals surface area contributed by atoms with Gasteiger partial charge in [-0.05, 0) is 17.0 Å². The van der Waals surface area contributed by atoms with Crippen molar-refractivity contribution in [2.45, 2.75) is 38.7 Å². The Kier molecular flexibility index (Phi) is 2.36. The van der Waals surface area contributed by atoms with E-state index in [0.29, 0.717) is 5.92 Å². The van der Waals surface area contributed by atoms with Gasteiger partial charge in [-0.3, -0.25) is 0 Å². The van der Waals surface area contributed by atoms with Crippen LogP contribution in [0.2, 0.25) is 0 Å². The summed E-state index contributed by atoms with van der Waals surface area (Å²) in [5, 5.41) is 10.5. The topological polar surface area (TPSA) is 20.2 Å². The van der Waals surface area contributed by atoms with Gasteiger partial charge in [0.05, 0.1) is 5.60 Å². The lowest BCUT2D eigenvalue weighted by atomic mass is 9.84. The molecular formula is C13H18O. The van der Waals surface area contributed by atoms with Gasteiger partial charge in [0.2, 0.25) is 0 Å². The SMILES string of the molecule is CCC(C)C1(O)Cc2ccccc2C1. The van der Waals surface area contributed by atoms with E-state index in [1.165, 1.54) is 11.1 Å². The second-order valence-corrected chi connectivity index (χ2v) is 4.54. The first-order valence-corrected chi connectivity index (χ1v) is 5.45. The van der Waals surface area contributed by atoms with Gasteiger partial charge in [-0.25, -0.2) is 0 Å². The van der Waals surface area contributed by atoms with Gasteiger partial charge in [-0.1, -0.05) is 44.5 Å². The summed E-state index contributed by atoms with van der Waals surface area (Å²) < 4.78 is 0. The first-order chi connectivity index (χ1) is 6.65. The first-order valence-electron chi connectivity index (χ1n) is 5.45. The zero-order valence-corrected chi connectivity index (χ0v) is 8.96. The third-order valence-electron chi connectivity index (χ3n) is 3.64. The minimum Gasteiger partial charge on any atom is -0.389 e. The Balaban J connectivity index is 2.25. The number of fused-ring (bicyclic) bond motifs is 1. The molecule has 0 fully saturated rings. The van der Waals surface area contributed by atoms with Crippen molar-refractivity contribution < 1.29 is 5.11 Å². The van der Waals surface area contributed by atoms with Gasteiger partial charge in [0, 0.05) is 12.8 Å². The fraction of sp³-hybridized carbons (Fsp3) is 0.538. The third-order valence-corrected chi connectivity index (χ3v) is 3.64. The Morgan fingerprint density at radius 1 is 1.29 bits per heavy atom. The molecule has 0 radical (unpaired) electrons. The Hall–Kier alpha value is -0.820. The maximum Gasteiger partial charge on any atom is 0.0753 e. The molecule has 1 N–H and O–H groups in total. The molecule has 0 amide bonds. The van der Waals surface area contributed by atoms with Crippen molar-refractivity contribution in [2.75, 3.05) is 0 Å². The van der Waals surface area contributed by atoms with Crippen LogP contribution in [0.15, 0.2) is 24.3 Å². The molecule has 0 bridgehead atoms. The van der Waals surface area contributed by atoms with Crippen LogP contribution in [0.1, 0.15) is 31.4 Å². The molecule has 0 saturated carbocycles. The molecule has 1 nitrogen and oxygen atoms in total. The molecule has 0 aliphatic heterocycles. The highest BCUT2D eigenvalue weighted by molar-refractivity contribution is 5.35. The van der Waals surface area contributed by atoms with E-state index < -0.39 is 5.60 Å². The molecule has 1 aliphatic carbocycles. The highest BCUT2D eigenvalue weighted by Crippen LogP contribution is 2.36. The number of hydrogen-bond donors (Lipinski definition) is 1. The lowest BCUT2D eigenvalue weighted by Crippen LogP contribution is -2.36. The van der Waals surface area contributed by atoms with Gasteiger partial charge < -0.3 is 5.11 Å². The van der Waals surface area contributed by atoms with E-state index in [9.17, 15) is 5.11 Å². The second kappa shape index (κ2) is 3.39. The molecule has 76 valence electrons. The molecular weight excluding hydrogens is 172 g/mol. The van der Waals surface area contributed by atoms with Crippen LogP contribution in [0, 0.1) is 5.92 Å². The van der Waals surface area contributed by atoms with Crippen LogP contribution in [0.3, 0.4) is 0 Å². The normalized spacial score (nSPS) is 20.5. The molecule has 1 aliphatic rings. The Morgan fingerprint density at radius 3 is 2.21 bits per heavy atom. The summed E-state index contributed by atoms with van der Waals surface area (Å²) in [6.45, 7) is 4.29. The van der Waals surface area contributed by atoms with Gasteiger partial charge in [-0.2, -0.15) is 0 Å². The first kappa shape index (κ1) is 9.72. The average Bonchev–Trinajstić information content (AvgIpc) is 2.54. The number of aliphatic hydroxyl groups is 1. The maximum atomic E-state index is 10.5. The van der Waals surface area contributed by atoms with E-state index in [2.05, 4.69) is 38.1 Å². The average molecular weight is 190 g/mol. The third kappa shape index (κ3) is 1.46. The van der Waals surface area contributed by atoms with Crippen molar-refractivity contribution in [3.05, 3.63) is 35.4 Å². The quantitative estimate of drug-likeness (QED) is 0.760. The summed E-state index contributed by atoms with van der Waals surface area (Å²) in [6.07, 6.45) is 2.71. The molecule has 1 heteroatoms. The van der Waals surface area contributed by atoms with Crippen LogP contribution in [0.4, 0.5) is 0 Å². The van der Waals surface area contributed by atoms with Crippen LogP contribution in [0.25, 0.3) is 0 Å². The van der Waals surface area contributed by atoms with E-state index in [1.807, 2.05) is 0 Å². The van der Waals surface area contributed by atoms with E-state index >= 15 is 0 Å². The highest BCUT2D eigenvalue weighted by Gasteiger charge is 2.38. The smallest absolute Gasteiger partial charge is 0.0753 e. The van der Waals surface area contributed by atoms with Crippen molar-refractivity contribution in [3.63, 3.8) is 0 Å². The second-order valence-electron chi connectivity index (χ2n) is 4.54. The Labute approximate surface area is 85.8 Å². The number of rotatable bonds is 2. The van der Waals surface area contributed by atoms with Gasteiger partial charge in [-0.15, -0.1) is 0 Å². The van der Waals surface area contributed by atoms with Crippen LogP contribution >= 0.6 is 0 Å². The Morgan fingerprint density at radius 2 is 1.79 bits per heavy atom. The van der Waals surface area contributed by atoms with Gasteiger partial charge in [0.1, 0.15) is 0 Å². The van der Waals surface area contributed by atoms with Crippen LogP contribution in [0.5, 0.6) is 0 Å². The van der Waals surface area contributed by atoms with E-state index in [-0.39, 0.29) is 0 Å². The highest BCUT2D eigenvalue weighted by atomic mass is 16.3. The Bertz CT molecular complexity index is 305. The summed E-state index contributed by atoms with van der Waals surface area (Å²) in [5.74, 6) is 0.384. The van der Waals surface area contributed by atoms with E-state index in [4.69, 9.17) is 0 Å². The van der Waals surface area contributed by atoms with Gasteiger partial charge in [0.25, 0.3) is 0 Å². The van der Waals surface area contributed by atoms with Crippen molar-refractivity contribution in [3.8, 4) is 0 Å². The minimum atomic E-state index is -0.488. The molecule has 0 aromatic heterocycles. The molecule has 1 atom stereocenters. The maximum absolute atomic E-state index is 10.5. The van der Waals surface area contributed by atoms with E-state index in [0.717, 1.165) is 19.3 Å². The molecule has 2 rings (SSSR count). The molecule has 1 aromatic carbocycles. The fourth-order valence-electron chi connectivity index (χ4n) is 2.35. The zero-order valence-electron chi connectivity index (χ0n) is 8.96. The van der Waals surface area contributed by atoms with Crippen molar-refractivity contribution in [2.24, 2.45) is 5.92 Å². The van der Waals surface area contributed by atoms with Crippen LogP contribution in [-0.4, -0.2) is 10.7 Å². The summed E-state index contributed by atoms with van der Waals surface area (Å²) in [6, 6.07) is 8.38. The molecule has 1 aromatic rings. The predicted octanol–water partition coefficient (Wildman–Crippen LogP) is 2.56. The van der Waals surface area contributed by atoms with Gasteiger partial charge >= 0.3 is 0 Å². The largest absolute Gasteiger partial charge is 0.389 e. The lowest BCUT2D eigenvalue weighted by molar-refractivity contribution is -0.00325. The molecule has 1 unspecified atom stereocenters. The van der Waals surface area contributed by atoms with E-state index in [1.54, 1.807) is 0 Å². The summed E-state index contributed by atoms with van der Waals surface area (Å²) in [7, 11) is 0. The molecule has 0 spiro atoms. The molecule has 14 heavy (non-hydrogen) atoms. The van der Waals surface area contributed by atoms with Crippen molar-refractivity contribution in [1.82, 2.24) is 0 Å². The zero-order chi connectivity index (χ0) is 10.2. The molecule has 0 heterocycles. The predicted molar refractivity (Wildman–Crippen MR) is 58.3 cm³/mol. The summed E-state index contributed by atoms with van der Waals surface area (Å²) in [4.78, 5) is 0. The standard InChI is InChI=1S/C13H18O/c1-3-10(2)13(14)8-11-6-4-5-7-12(11)9-13/h4-7,10,14H,3,8-9H2,1-2H3. The minimum absolute atomic E-state index is 0.384. The molecule has 0 saturated heterocycles. The van der Waals surface area contributed by atoms with Crippen molar-refractivity contribution >= 4 is 0 Å². The lowest BCUT2D eigenvalue weighted by Gasteiger charge is -2.28. The summed E-state index contributed by atoms with van der Waals surface area (Å²) >= 11 is 0. The number of hydrogen-bond acceptors (Lipinski definition) is 1. The van der Waals surface area contributed by atoms with Crippen LogP contribution in [-0.2, 0) is 12.8 Å². The van der Waals surface area contributed by atoms with Gasteiger partial charge in [0.15, 0.2) is 0 Å². The van der Waals surface area contributed by atoms with Crippen LogP contribution < -0.4 is 0 Å². The summed E-state index contributed by atoms with van der Waals surface area (Å²) in [5.41, 5.74) is 2.17. The monoisotopic (exact) mass is 190 g/mol.